The molecular formula is C45H76O2. The third-order valence-corrected chi connectivity index (χ3v) is 10.0. The molecule has 0 radical (unpaired) electrons. The first kappa shape index (κ1) is 41.5. The molecule has 0 amide bonds. The molecule has 2 aromatic rings. The Bertz CT molecular complexity index is 877. The highest BCUT2D eigenvalue weighted by Crippen LogP contribution is 2.17. The number of unbranched alkanes of at least 4 members (excludes halogenated alkanes) is 26. The Morgan fingerprint density at radius 1 is 0.319 bits per heavy atom. The van der Waals surface area contributed by atoms with Crippen LogP contribution in [0.1, 0.15) is 196 Å². The molecule has 0 unspecified atom stereocenters. The minimum atomic E-state index is 0.365. The van der Waals surface area contributed by atoms with Gasteiger partial charge in [-0.25, -0.2) is 0 Å². The molecule has 2 heteroatoms. The van der Waals surface area contributed by atoms with Gasteiger partial charge < -0.3 is 9.84 Å². The van der Waals surface area contributed by atoms with Crippen molar-refractivity contribution in [2.75, 3.05) is 13.2 Å². The number of benzene rings is 2. The van der Waals surface area contributed by atoms with Gasteiger partial charge in [-0.15, -0.1) is 0 Å². The molecule has 0 atom stereocenters. The second-order valence-electron chi connectivity index (χ2n) is 14.5. The molecule has 0 fully saturated rings. The summed E-state index contributed by atoms with van der Waals surface area (Å²) >= 11 is 0. The van der Waals surface area contributed by atoms with Crippen molar-refractivity contribution >= 4 is 0 Å². The minimum Gasteiger partial charge on any atom is -0.396 e. The maximum atomic E-state index is 8.82. The number of rotatable bonds is 35. The van der Waals surface area contributed by atoms with E-state index in [-0.39, 0.29) is 0 Å². The number of ether oxygens (including phenoxy) is 1. The van der Waals surface area contributed by atoms with Crippen LogP contribution in [0, 0.1) is 0 Å². The largest absolute Gasteiger partial charge is 0.396 e. The van der Waals surface area contributed by atoms with Crippen LogP contribution in [0.15, 0.2) is 54.6 Å². The fourth-order valence-electron chi connectivity index (χ4n) is 6.85. The molecule has 268 valence electrons. The Hall–Kier alpha value is -1.64. The fraction of sp³-hybridized carbons (Fsp3) is 0.733. The summed E-state index contributed by atoms with van der Waals surface area (Å²) in [6.07, 6.45) is 40.9. The van der Waals surface area contributed by atoms with Crippen molar-refractivity contribution in [3.8, 4) is 0 Å². The van der Waals surface area contributed by atoms with E-state index in [4.69, 9.17) is 9.84 Å². The van der Waals surface area contributed by atoms with E-state index in [9.17, 15) is 0 Å². The summed E-state index contributed by atoms with van der Waals surface area (Å²) in [5, 5.41) is 8.82. The molecule has 0 aliphatic carbocycles. The van der Waals surface area contributed by atoms with Crippen molar-refractivity contribution in [1.29, 1.82) is 0 Å². The van der Waals surface area contributed by atoms with Crippen LogP contribution in [-0.4, -0.2) is 18.3 Å². The van der Waals surface area contributed by atoms with Crippen LogP contribution in [0.25, 0.3) is 0 Å². The Morgan fingerprint density at radius 3 is 1.00 bits per heavy atom. The molecule has 0 bridgehead atoms. The van der Waals surface area contributed by atoms with Gasteiger partial charge in [0.05, 0.1) is 6.61 Å². The maximum Gasteiger partial charge on any atom is 0.0716 e. The van der Waals surface area contributed by atoms with Gasteiger partial charge >= 0.3 is 0 Å². The van der Waals surface area contributed by atoms with E-state index >= 15 is 0 Å². The second kappa shape index (κ2) is 32.9. The standard InChI is InChI=1S/C45H76O2/c46-40-30-23-19-15-11-7-3-1-5-9-13-17-21-26-32-43-36-38-44(39-37-43)33-27-22-18-14-10-6-2-4-8-12-16-20-24-31-41-47-42-45-34-28-25-29-35-45/h25,28-29,34-39,46H,1-24,26-27,30-33,40-42H2. The molecule has 0 saturated carbocycles. The van der Waals surface area contributed by atoms with Crippen LogP contribution in [-0.2, 0) is 24.2 Å². The van der Waals surface area contributed by atoms with Gasteiger partial charge in [0, 0.05) is 13.2 Å². The Labute approximate surface area is 292 Å². The molecule has 2 rings (SSSR count). The third-order valence-electron chi connectivity index (χ3n) is 10.0. The van der Waals surface area contributed by atoms with Gasteiger partial charge in [0.2, 0.25) is 0 Å². The van der Waals surface area contributed by atoms with Crippen LogP contribution in [0.3, 0.4) is 0 Å². The lowest BCUT2D eigenvalue weighted by Crippen LogP contribution is -1.95. The van der Waals surface area contributed by atoms with E-state index in [0.29, 0.717) is 6.61 Å². The highest BCUT2D eigenvalue weighted by atomic mass is 16.5. The maximum absolute atomic E-state index is 8.82. The minimum absolute atomic E-state index is 0.365. The van der Waals surface area contributed by atoms with Crippen LogP contribution >= 0.6 is 0 Å². The van der Waals surface area contributed by atoms with Gasteiger partial charge in [-0.3, -0.25) is 0 Å². The molecule has 47 heavy (non-hydrogen) atoms. The van der Waals surface area contributed by atoms with E-state index in [1.54, 1.807) is 0 Å². The molecule has 0 saturated heterocycles. The van der Waals surface area contributed by atoms with E-state index in [2.05, 4.69) is 54.6 Å². The summed E-state index contributed by atoms with van der Waals surface area (Å²) in [5.41, 5.74) is 4.35. The second-order valence-corrected chi connectivity index (χ2v) is 14.5. The van der Waals surface area contributed by atoms with Gasteiger partial charge in [-0.1, -0.05) is 209 Å². The van der Waals surface area contributed by atoms with Crippen molar-refractivity contribution < 1.29 is 9.84 Å². The van der Waals surface area contributed by atoms with E-state index in [1.807, 2.05) is 0 Å². The highest BCUT2D eigenvalue weighted by Gasteiger charge is 2.00. The molecule has 0 aliphatic heterocycles. The predicted octanol–water partition coefficient (Wildman–Crippen LogP) is 13.9. The molecular weight excluding hydrogens is 572 g/mol. The molecule has 1 N–H and O–H groups in total. The highest BCUT2D eigenvalue weighted by molar-refractivity contribution is 5.22. The quantitative estimate of drug-likeness (QED) is 0.0754. The van der Waals surface area contributed by atoms with Crippen LogP contribution in [0.4, 0.5) is 0 Å². The first-order valence-electron chi connectivity index (χ1n) is 20.7. The molecule has 2 aromatic carbocycles. The molecule has 0 heterocycles. The van der Waals surface area contributed by atoms with Crippen molar-refractivity contribution in [2.45, 2.75) is 199 Å². The normalized spacial score (nSPS) is 11.4. The summed E-state index contributed by atoms with van der Waals surface area (Å²) in [4.78, 5) is 0. The van der Waals surface area contributed by atoms with Gasteiger partial charge in [0.1, 0.15) is 0 Å². The number of aryl methyl sites for hydroxylation is 2. The summed E-state index contributed by atoms with van der Waals surface area (Å²) in [6, 6.07) is 20.1. The van der Waals surface area contributed by atoms with Crippen LogP contribution in [0.2, 0.25) is 0 Å². The molecule has 0 aromatic heterocycles. The Balaban J connectivity index is 1.25. The summed E-state index contributed by atoms with van der Waals surface area (Å²) in [5.74, 6) is 0. The van der Waals surface area contributed by atoms with Gasteiger partial charge in [-0.05, 0) is 55.2 Å². The number of hydrogen-bond acceptors (Lipinski definition) is 2. The lowest BCUT2D eigenvalue weighted by atomic mass is 10.0. The number of hydrogen-bond donors (Lipinski definition) is 1. The monoisotopic (exact) mass is 649 g/mol. The fourth-order valence-corrected chi connectivity index (χ4v) is 6.85. The average molecular weight is 649 g/mol. The van der Waals surface area contributed by atoms with Crippen molar-refractivity contribution in [3.63, 3.8) is 0 Å². The number of aliphatic hydroxyl groups is 1. The summed E-state index contributed by atoms with van der Waals surface area (Å²) in [7, 11) is 0. The molecule has 2 nitrogen and oxygen atoms in total. The third kappa shape index (κ3) is 26.9. The zero-order valence-electron chi connectivity index (χ0n) is 30.9. The van der Waals surface area contributed by atoms with Crippen molar-refractivity contribution in [2.24, 2.45) is 0 Å². The lowest BCUT2D eigenvalue weighted by Gasteiger charge is -2.06. The van der Waals surface area contributed by atoms with Gasteiger partial charge in [-0.2, -0.15) is 0 Å². The van der Waals surface area contributed by atoms with Gasteiger partial charge in [0.25, 0.3) is 0 Å². The average Bonchev–Trinajstić information content (AvgIpc) is 3.10. The summed E-state index contributed by atoms with van der Waals surface area (Å²) in [6.45, 7) is 2.02. The topological polar surface area (TPSA) is 29.5 Å². The van der Waals surface area contributed by atoms with E-state index in [0.717, 1.165) is 19.6 Å². The Kier molecular flexibility index (Phi) is 29.1. The zero-order valence-corrected chi connectivity index (χ0v) is 30.9. The van der Waals surface area contributed by atoms with Crippen molar-refractivity contribution in [3.05, 3.63) is 71.3 Å². The van der Waals surface area contributed by atoms with Crippen LogP contribution < -0.4 is 0 Å². The number of aliphatic hydroxyl groups excluding tert-OH is 1. The smallest absolute Gasteiger partial charge is 0.0716 e. The predicted molar refractivity (Wildman–Crippen MR) is 206 cm³/mol. The first-order chi connectivity index (χ1) is 23.4. The summed E-state index contributed by atoms with van der Waals surface area (Å²) < 4.78 is 5.79. The zero-order chi connectivity index (χ0) is 33.1. The molecule has 0 spiro atoms. The SMILES string of the molecule is OCCCCCCCCCCCCCCCCc1ccc(CCCCCCCCCCCCCCCCOCc2ccccc2)cc1. The van der Waals surface area contributed by atoms with Crippen LogP contribution in [0.5, 0.6) is 0 Å². The molecule has 0 aliphatic rings. The van der Waals surface area contributed by atoms with E-state index in [1.165, 1.54) is 203 Å². The van der Waals surface area contributed by atoms with Crippen molar-refractivity contribution in [1.82, 2.24) is 0 Å². The first-order valence-corrected chi connectivity index (χ1v) is 20.7. The van der Waals surface area contributed by atoms with E-state index < -0.39 is 0 Å². The Morgan fingerprint density at radius 2 is 0.638 bits per heavy atom. The lowest BCUT2D eigenvalue weighted by molar-refractivity contribution is 0.116. The van der Waals surface area contributed by atoms with Gasteiger partial charge in [0.15, 0.2) is 0 Å².